The summed E-state index contributed by atoms with van der Waals surface area (Å²) in [5.74, 6) is 0.736. The zero-order valence-electron chi connectivity index (χ0n) is 9.74. The molecule has 0 saturated carbocycles. The van der Waals surface area contributed by atoms with Crippen LogP contribution in [0.25, 0.3) is 0 Å². The zero-order valence-corrected chi connectivity index (χ0v) is 10.5. The molecule has 0 aliphatic carbocycles. The van der Waals surface area contributed by atoms with Crippen LogP contribution in [0.3, 0.4) is 0 Å². The molecule has 0 unspecified atom stereocenters. The van der Waals surface area contributed by atoms with Crippen LogP contribution in [0.4, 0.5) is 11.4 Å². The number of halogens is 1. The molecular formula is C11H14ClN5. The highest BCUT2D eigenvalue weighted by atomic mass is 35.5. The van der Waals surface area contributed by atoms with Gasteiger partial charge in [-0.15, -0.1) is 0 Å². The van der Waals surface area contributed by atoms with Gasteiger partial charge in [-0.25, -0.2) is 4.98 Å². The van der Waals surface area contributed by atoms with Gasteiger partial charge < -0.3 is 11.1 Å². The monoisotopic (exact) mass is 251 g/mol. The molecule has 0 saturated heterocycles. The van der Waals surface area contributed by atoms with E-state index in [0.717, 1.165) is 17.1 Å². The lowest BCUT2D eigenvalue weighted by Crippen LogP contribution is -2.04. The normalized spacial score (nSPS) is 10.5. The highest BCUT2D eigenvalue weighted by Gasteiger charge is 2.04. The van der Waals surface area contributed by atoms with Gasteiger partial charge in [-0.3, -0.25) is 4.68 Å². The second-order valence-electron chi connectivity index (χ2n) is 3.88. The second kappa shape index (κ2) is 4.63. The number of rotatable bonds is 3. The smallest absolute Gasteiger partial charge is 0.169 e. The molecule has 2 aromatic rings. The molecule has 1 aromatic heterocycles. The van der Waals surface area contributed by atoms with Gasteiger partial charge in [0.15, 0.2) is 5.82 Å². The summed E-state index contributed by atoms with van der Waals surface area (Å²) in [4.78, 5) is 4.13. The molecule has 6 heteroatoms. The van der Waals surface area contributed by atoms with Crippen molar-refractivity contribution < 1.29 is 0 Å². The van der Waals surface area contributed by atoms with Crippen molar-refractivity contribution in [3.63, 3.8) is 0 Å². The van der Waals surface area contributed by atoms with Crippen molar-refractivity contribution in [1.82, 2.24) is 14.8 Å². The number of anilines is 2. The minimum atomic E-state index is 0.548. The summed E-state index contributed by atoms with van der Waals surface area (Å²) in [6.45, 7) is 2.53. The predicted molar refractivity (Wildman–Crippen MR) is 68.9 cm³/mol. The van der Waals surface area contributed by atoms with Crippen LogP contribution >= 0.6 is 11.6 Å². The number of aryl methyl sites for hydroxylation is 2. The molecule has 3 N–H and O–H groups in total. The Hall–Kier alpha value is -1.75. The molecule has 0 bridgehead atoms. The van der Waals surface area contributed by atoms with Crippen molar-refractivity contribution in [1.29, 1.82) is 0 Å². The first kappa shape index (κ1) is 11.7. The van der Waals surface area contributed by atoms with Crippen molar-refractivity contribution in [3.05, 3.63) is 34.9 Å². The Morgan fingerprint density at radius 2 is 2.24 bits per heavy atom. The van der Waals surface area contributed by atoms with Gasteiger partial charge in [-0.05, 0) is 24.6 Å². The molecule has 1 aromatic carbocycles. The summed E-state index contributed by atoms with van der Waals surface area (Å²) in [6.07, 6.45) is 1.67. The molecule has 0 aliphatic heterocycles. The number of nitrogens with one attached hydrogen (secondary N) is 1. The van der Waals surface area contributed by atoms with E-state index in [4.69, 9.17) is 17.3 Å². The van der Waals surface area contributed by atoms with Gasteiger partial charge in [0.1, 0.15) is 6.33 Å². The fourth-order valence-corrected chi connectivity index (χ4v) is 1.70. The van der Waals surface area contributed by atoms with E-state index in [1.54, 1.807) is 11.0 Å². The second-order valence-corrected chi connectivity index (χ2v) is 4.28. The maximum Gasteiger partial charge on any atom is 0.169 e. The number of nitrogens with zero attached hydrogens (tertiary/aromatic N) is 3. The van der Waals surface area contributed by atoms with E-state index in [-0.39, 0.29) is 0 Å². The Balaban J connectivity index is 2.11. The summed E-state index contributed by atoms with van der Waals surface area (Å²) in [5, 5.41) is 7.96. The Kier molecular flexibility index (Phi) is 3.19. The fourth-order valence-electron chi connectivity index (χ4n) is 1.53. The lowest BCUT2D eigenvalue weighted by atomic mass is 10.2. The van der Waals surface area contributed by atoms with Crippen molar-refractivity contribution in [2.24, 2.45) is 7.05 Å². The average Bonchev–Trinajstić information content (AvgIpc) is 2.68. The molecule has 1 heterocycles. The van der Waals surface area contributed by atoms with Gasteiger partial charge in [0, 0.05) is 12.7 Å². The summed E-state index contributed by atoms with van der Waals surface area (Å²) >= 11 is 5.97. The van der Waals surface area contributed by atoms with Crippen molar-refractivity contribution >= 4 is 23.0 Å². The predicted octanol–water partition coefficient (Wildman–Crippen LogP) is 1.97. The minimum Gasteiger partial charge on any atom is -0.398 e. The van der Waals surface area contributed by atoms with Gasteiger partial charge in [-0.2, -0.15) is 5.10 Å². The number of aromatic nitrogens is 3. The number of hydrogen-bond acceptors (Lipinski definition) is 4. The molecule has 0 amide bonds. The van der Waals surface area contributed by atoms with Gasteiger partial charge in [0.25, 0.3) is 0 Å². The standard InChI is InChI=1S/C11H14ClN5/c1-7-3-9(13)8(12)4-10(7)14-5-11-15-6-17(2)16-11/h3-4,6,14H,5,13H2,1-2H3. The van der Waals surface area contributed by atoms with Crippen molar-refractivity contribution in [2.45, 2.75) is 13.5 Å². The number of nitrogen functional groups attached to an aromatic ring is 1. The van der Waals surface area contributed by atoms with E-state index < -0.39 is 0 Å². The highest BCUT2D eigenvalue weighted by molar-refractivity contribution is 6.33. The maximum absolute atomic E-state index is 5.97. The quantitative estimate of drug-likeness (QED) is 0.819. The molecule has 0 spiro atoms. The highest BCUT2D eigenvalue weighted by Crippen LogP contribution is 2.26. The zero-order chi connectivity index (χ0) is 12.4. The number of hydrogen-bond donors (Lipinski definition) is 2. The molecular weight excluding hydrogens is 238 g/mol. The van der Waals surface area contributed by atoms with Crippen LogP contribution in [-0.2, 0) is 13.6 Å². The van der Waals surface area contributed by atoms with Crippen LogP contribution in [0.5, 0.6) is 0 Å². The first-order valence-electron chi connectivity index (χ1n) is 5.20. The van der Waals surface area contributed by atoms with E-state index in [0.29, 0.717) is 17.3 Å². The van der Waals surface area contributed by atoms with Crippen molar-refractivity contribution in [2.75, 3.05) is 11.1 Å². The van der Waals surface area contributed by atoms with Crippen LogP contribution < -0.4 is 11.1 Å². The van der Waals surface area contributed by atoms with Crippen molar-refractivity contribution in [3.8, 4) is 0 Å². The Morgan fingerprint density at radius 1 is 1.47 bits per heavy atom. The summed E-state index contributed by atoms with van der Waals surface area (Å²) < 4.78 is 1.67. The van der Waals surface area contributed by atoms with Crippen LogP contribution in [0, 0.1) is 6.92 Å². The van der Waals surface area contributed by atoms with Crippen LogP contribution in [-0.4, -0.2) is 14.8 Å². The third kappa shape index (κ3) is 2.68. The van der Waals surface area contributed by atoms with E-state index >= 15 is 0 Å². The Bertz CT molecular complexity index is 535. The third-order valence-electron chi connectivity index (χ3n) is 2.43. The summed E-state index contributed by atoms with van der Waals surface area (Å²) in [5.41, 5.74) is 8.29. The van der Waals surface area contributed by atoms with E-state index in [1.165, 1.54) is 0 Å². The topological polar surface area (TPSA) is 68.8 Å². The van der Waals surface area contributed by atoms with Crippen LogP contribution in [0.1, 0.15) is 11.4 Å². The average molecular weight is 252 g/mol. The van der Waals surface area contributed by atoms with Crippen LogP contribution in [0.2, 0.25) is 5.02 Å². The molecule has 0 radical (unpaired) electrons. The van der Waals surface area contributed by atoms with Gasteiger partial charge in [0.2, 0.25) is 0 Å². The third-order valence-corrected chi connectivity index (χ3v) is 2.75. The Labute approximate surface area is 105 Å². The first-order chi connectivity index (χ1) is 8.06. The molecule has 2 rings (SSSR count). The van der Waals surface area contributed by atoms with E-state index in [1.807, 2.05) is 26.1 Å². The first-order valence-corrected chi connectivity index (χ1v) is 5.58. The lowest BCUT2D eigenvalue weighted by Gasteiger charge is -2.09. The minimum absolute atomic E-state index is 0.548. The summed E-state index contributed by atoms with van der Waals surface area (Å²) in [6, 6.07) is 3.66. The van der Waals surface area contributed by atoms with Gasteiger partial charge >= 0.3 is 0 Å². The lowest BCUT2D eigenvalue weighted by molar-refractivity contribution is 0.747. The van der Waals surface area contributed by atoms with E-state index in [2.05, 4.69) is 15.4 Å². The van der Waals surface area contributed by atoms with Gasteiger partial charge in [-0.1, -0.05) is 11.6 Å². The largest absolute Gasteiger partial charge is 0.398 e. The fraction of sp³-hybridized carbons (Fsp3) is 0.273. The molecule has 5 nitrogen and oxygen atoms in total. The molecule has 90 valence electrons. The SMILES string of the molecule is Cc1cc(N)c(Cl)cc1NCc1ncn(C)n1. The Morgan fingerprint density at radius 3 is 2.88 bits per heavy atom. The molecule has 0 fully saturated rings. The van der Waals surface area contributed by atoms with E-state index in [9.17, 15) is 0 Å². The molecule has 0 atom stereocenters. The van der Waals surface area contributed by atoms with Gasteiger partial charge in [0.05, 0.1) is 17.3 Å². The maximum atomic E-state index is 5.97. The van der Waals surface area contributed by atoms with Crippen LogP contribution in [0.15, 0.2) is 18.5 Å². The molecule has 17 heavy (non-hydrogen) atoms. The number of nitrogens with two attached hydrogens (primary N) is 1. The molecule has 0 aliphatic rings. The summed E-state index contributed by atoms with van der Waals surface area (Å²) in [7, 11) is 1.84. The number of benzene rings is 1.